The Labute approximate surface area is 94.7 Å². The molecule has 1 aromatic rings. The summed E-state index contributed by atoms with van der Waals surface area (Å²) in [5, 5.41) is 10.0. The fourth-order valence-electron chi connectivity index (χ4n) is 1.71. The van der Waals surface area contributed by atoms with Gasteiger partial charge in [0, 0.05) is 6.54 Å². The zero-order valence-electron chi connectivity index (χ0n) is 9.53. The van der Waals surface area contributed by atoms with Gasteiger partial charge in [0.25, 0.3) is 0 Å². The van der Waals surface area contributed by atoms with Crippen LogP contribution in [0.15, 0.2) is 4.52 Å². The molecule has 0 aromatic carbocycles. The number of aromatic nitrogens is 2. The minimum Gasteiger partial charge on any atom is -0.376 e. The standard InChI is InChI=1S/C10H18N4O2/c1-8-13-10(16-14-8)12-6-7-15-9-2-4-11-5-3-9/h9,11H,2-7H2,1H3,(H,12,13,14). The zero-order valence-corrected chi connectivity index (χ0v) is 9.53. The van der Waals surface area contributed by atoms with Crippen LogP contribution in [0.1, 0.15) is 18.7 Å². The van der Waals surface area contributed by atoms with Crippen molar-refractivity contribution in [2.75, 3.05) is 31.6 Å². The third kappa shape index (κ3) is 3.46. The average molecular weight is 226 g/mol. The number of hydrogen-bond acceptors (Lipinski definition) is 6. The molecule has 2 rings (SSSR count). The van der Waals surface area contributed by atoms with Crippen LogP contribution >= 0.6 is 0 Å². The Balaban J connectivity index is 1.57. The maximum absolute atomic E-state index is 5.72. The Hall–Kier alpha value is -1.14. The molecule has 0 saturated carbocycles. The summed E-state index contributed by atoms with van der Waals surface area (Å²) in [5.74, 6) is 0.641. The summed E-state index contributed by atoms with van der Waals surface area (Å²) < 4.78 is 10.6. The molecule has 1 saturated heterocycles. The number of rotatable bonds is 5. The Morgan fingerprint density at radius 3 is 3.00 bits per heavy atom. The summed E-state index contributed by atoms with van der Waals surface area (Å²) in [6.07, 6.45) is 2.59. The van der Waals surface area contributed by atoms with Gasteiger partial charge in [0.15, 0.2) is 5.82 Å². The molecular weight excluding hydrogens is 208 g/mol. The van der Waals surface area contributed by atoms with Gasteiger partial charge in [-0.15, -0.1) is 0 Å². The van der Waals surface area contributed by atoms with Crippen molar-refractivity contribution < 1.29 is 9.26 Å². The third-order valence-electron chi connectivity index (χ3n) is 2.55. The molecule has 0 radical (unpaired) electrons. The summed E-state index contributed by atoms with van der Waals surface area (Å²) in [4.78, 5) is 4.04. The number of nitrogens with one attached hydrogen (secondary N) is 2. The summed E-state index contributed by atoms with van der Waals surface area (Å²) in [6, 6.07) is 0.464. The second kappa shape index (κ2) is 5.81. The van der Waals surface area contributed by atoms with E-state index >= 15 is 0 Å². The average Bonchev–Trinajstić information content (AvgIpc) is 2.72. The topological polar surface area (TPSA) is 72.2 Å². The fourth-order valence-corrected chi connectivity index (χ4v) is 1.71. The van der Waals surface area contributed by atoms with Crippen molar-refractivity contribution in [2.24, 2.45) is 0 Å². The molecule has 2 heterocycles. The lowest BCUT2D eigenvalue weighted by Crippen LogP contribution is -2.33. The van der Waals surface area contributed by atoms with Gasteiger partial charge in [-0.25, -0.2) is 0 Å². The molecule has 6 nitrogen and oxygen atoms in total. The lowest BCUT2D eigenvalue weighted by molar-refractivity contribution is 0.0392. The maximum atomic E-state index is 5.72. The molecule has 6 heteroatoms. The minimum atomic E-state index is 0.396. The van der Waals surface area contributed by atoms with Crippen LogP contribution in [0.2, 0.25) is 0 Å². The molecule has 16 heavy (non-hydrogen) atoms. The number of piperidine rings is 1. The molecular formula is C10H18N4O2. The van der Waals surface area contributed by atoms with Crippen LogP contribution in [0.5, 0.6) is 0 Å². The Bertz CT molecular complexity index is 310. The summed E-state index contributed by atoms with van der Waals surface area (Å²) in [5.41, 5.74) is 0. The van der Waals surface area contributed by atoms with Gasteiger partial charge in [0.2, 0.25) is 0 Å². The highest BCUT2D eigenvalue weighted by Crippen LogP contribution is 2.07. The predicted octanol–water partition coefficient (Wildman–Crippen LogP) is 0.559. The second-order valence-corrected chi connectivity index (χ2v) is 3.89. The van der Waals surface area contributed by atoms with E-state index in [9.17, 15) is 0 Å². The van der Waals surface area contributed by atoms with Gasteiger partial charge in [-0.2, -0.15) is 4.98 Å². The second-order valence-electron chi connectivity index (χ2n) is 3.89. The van der Waals surface area contributed by atoms with Crippen molar-refractivity contribution in [3.05, 3.63) is 5.82 Å². The third-order valence-corrected chi connectivity index (χ3v) is 2.55. The van der Waals surface area contributed by atoms with Crippen molar-refractivity contribution in [3.8, 4) is 0 Å². The van der Waals surface area contributed by atoms with Crippen LogP contribution in [0.25, 0.3) is 0 Å². The van der Waals surface area contributed by atoms with Gasteiger partial charge in [0.05, 0.1) is 12.7 Å². The van der Waals surface area contributed by atoms with Gasteiger partial charge in [-0.3, -0.25) is 0 Å². The van der Waals surface area contributed by atoms with Crippen LogP contribution < -0.4 is 10.6 Å². The molecule has 90 valence electrons. The van der Waals surface area contributed by atoms with E-state index in [1.54, 1.807) is 6.92 Å². The number of anilines is 1. The normalized spacial score (nSPS) is 17.6. The highest BCUT2D eigenvalue weighted by Gasteiger charge is 2.12. The van der Waals surface area contributed by atoms with E-state index < -0.39 is 0 Å². The predicted molar refractivity (Wildman–Crippen MR) is 59.4 cm³/mol. The largest absolute Gasteiger partial charge is 0.376 e. The molecule has 0 spiro atoms. The van der Waals surface area contributed by atoms with E-state index in [0.717, 1.165) is 25.9 Å². The molecule has 1 aromatic heterocycles. The number of nitrogens with zero attached hydrogens (tertiary/aromatic N) is 2. The van der Waals surface area contributed by atoms with Crippen molar-refractivity contribution >= 4 is 6.01 Å². The molecule has 0 amide bonds. The summed E-state index contributed by atoms with van der Waals surface area (Å²) in [6.45, 7) is 5.28. The van der Waals surface area contributed by atoms with Crippen molar-refractivity contribution in [3.63, 3.8) is 0 Å². The zero-order chi connectivity index (χ0) is 11.2. The SMILES string of the molecule is Cc1noc(NCCOC2CCNCC2)n1. The van der Waals surface area contributed by atoms with Crippen molar-refractivity contribution in [2.45, 2.75) is 25.9 Å². The molecule has 2 N–H and O–H groups in total. The van der Waals surface area contributed by atoms with Crippen LogP contribution in [0, 0.1) is 6.92 Å². The van der Waals surface area contributed by atoms with E-state index in [1.807, 2.05) is 0 Å². The number of hydrogen-bond donors (Lipinski definition) is 2. The van der Waals surface area contributed by atoms with Crippen molar-refractivity contribution in [1.29, 1.82) is 0 Å². The molecule has 0 aliphatic carbocycles. The van der Waals surface area contributed by atoms with E-state index in [4.69, 9.17) is 9.26 Å². The van der Waals surface area contributed by atoms with Crippen LogP contribution in [-0.2, 0) is 4.74 Å². The molecule has 1 aliphatic rings. The maximum Gasteiger partial charge on any atom is 0.321 e. The van der Waals surface area contributed by atoms with E-state index in [2.05, 4.69) is 20.8 Å². The smallest absolute Gasteiger partial charge is 0.321 e. The quantitative estimate of drug-likeness (QED) is 0.715. The number of aryl methyl sites for hydroxylation is 1. The van der Waals surface area contributed by atoms with Crippen LogP contribution in [-0.4, -0.2) is 42.5 Å². The van der Waals surface area contributed by atoms with Crippen LogP contribution in [0.4, 0.5) is 6.01 Å². The van der Waals surface area contributed by atoms with Gasteiger partial charge in [-0.1, -0.05) is 5.16 Å². The first-order valence-electron chi connectivity index (χ1n) is 5.71. The van der Waals surface area contributed by atoms with Gasteiger partial charge < -0.3 is 19.9 Å². The monoisotopic (exact) mass is 226 g/mol. The highest BCUT2D eigenvalue weighted by atomic mass is 16.5. The first-order valence-corrected chi connectivity index (χ1v) is 5.71. The first kappa shape index (κ1) is 11.3. The summed E-state index contributed by atoms with van der Waals surface area (Å²) in [7, 11) is 0. The molecule has 1 aliphatic heterocycles. The van der Waals surface area contributed by atoms with Crippen LogP contribution in [0.3, 0.4) is 0 Å². The van der Waals surface area contributed by atoms with Gasteiger partial charge >= 0.3 is 6.01 Å². The fraction of sp³-hybridized carbons (Fsp3) is 0.800. The van der Waals surface area contributed by atoms with E-state index in [0.29, 0.717) is 31.1 Å². The molecule has 1 fully saturated rings. The number of ether oxygens (including phenoxy) is 1. The first-order chi connectivity index (χ1) is 7.84. The Kier molecular flexibility index (Phi) is 4.12. The van der Waals surface area contributed by atoms with E-state index in [-0.39, 0.29) is 0 Å². The summed E-state index contributed by atoms with van der Waals surface area (Å²) >= 11 is 0. The minimum absolute atomic E-state index is 0.396. The highest BCUT2D eigenvalue weighted by molar-refractivity contribution is 5.17. The lowest BCUT2D eigenvalue weighted by atomic mass is 10.1. The molecule has 0 bridgehead atoms. The van der Waals surface area contributed by atoms with Gasteiger partial charge in [0.1, 0.15) is 0 Å². The Morgan fingerprint density at radius 1 is 1.50 bits per heavy atom. The van der Waals surface area contributed by atoms with Crippen molar-refractivity contribution in [1.82, 2.24) is 15.5 Å². The lowest BCUT2D eigenvalue weighted by Gasteiger charge is -2.22. The molecule has 0 unspecified atom stereocenters. The Morgan fingerprint density at radius 2 is 2.31 bits per heavy atom. The van der Waals surface area contributed by atoms with E-state index in [1.165, 1.54) is 0 Å². The van der Waals surface area contributed by atoms with Gasteiger partial charge in [-0.05, 0) is 32.9 Å². The molecule has 0 atom stereocenters.